The normalized spacial score (nSPS) is 10.6. The quantitative estimate of drug-likeness (QED) is 0.449. The van der Waals surface area contributed by atoms with Crippen LogP contribution in [-0.2, 0) is 16.1 Å². The summed E-state index contributed by atoms with van der Waals surface area (Å²) in [4.78, 5) is 28.3. The summed E-state index contributed by atoms with van der Waals surface area (Å²) in [5, 5.41) is 0.574. The molecule has 2 aromatic carbocycles. The molecule has 140 valence electrons. The molecule has 0 aliphatic carbocycles. The van der Waals surface area contributed by atoms with Crippen LogP contribution in [0.4, 0.5) is 0 Å². The van der Waals surface area contributed by atoms with Gasteiger partial charge in [-0.2, -0.15) is 0 Å². The van der Waals surface area contributed by atoms with Crippen LogP contribution in [-0.4, -0.2) is 35.8 Å². The van der Waals surface area contributed by atoms with Gasteiger partial charge in [0, 0.05) is 6.54 Å². The Morgan fingerprint density at radius 1 is 1.07 bits per heavy atom. The van der Waals surface area contributed by atoms with E-state index in [-0.39, 0.29) is 18.8 Å². The van der Waals surface area contributed by atoms with Gasteiger partial charge in [-0.05, 0) is 42.8 Å². The Morgan fingerprint density at radius 2 is 1.81 bits per heavy atom. The van der Waals surface area contributed by atoms with Crippen LogP contribution < -0.4 is 15.0 Å². The fraction of sp³-hybridized carbons (Fsp3) is 0.250. The minimum absolute atomic E-state index is 0.102. The second kappa shape index (κ2) is 8.84. The number of carbonyl (C=O) groups is 1. The number of aromatic nitrogens is 2. The van der Waals surface area contributed by atoms with Gasteiger partial charge in [0.25, 0.3) is 5.56 Å². The van der Waals surface area contributed by atoms with Crippen LogP contribution >= 0.6 is 0 Å². The Bertz CT molecular complexity index is 966. The molecule has 0 N–H and O–H groups in total. The first-order valence-electron chi connectivity index (χ1n) is 8.54. The first kappa shape index (κ1) is 18.4. The van der Waals surface area contributed by atoms with Crippen molar-refractivity contribution in [3.63, 3.8) is 0 Å². The van der Waals surface area contributed by atoms with Crippen LogP contribution in [0.1, 0.15) is 6.42 Å². The Hall–Kier alpha value is -3.35. The molecular formula is C20H20N2O5. The van der Waals surface area contributed by atoms with Gasteiger partial charge in [0.05, 0.1) is 30.9 Å². The molecule has 0 radical (unpaired) electrons. The van der Waals surface area contributed by atoms with Crippen molar-refractivity contribution in [3.05, 3.63) is 65.2 Å². The zero-order valence-corrected chi connectivity index (χ0v) is 15.0. The minimum atomic E-state index is -0.463. The standard InChI is InChI=1S/C20H20N2O5/c1-25-15-7-9-16(10-8-15)27-13-19(23)26-12-4-11-22-14-21-18-6-3-2-5-17(18)20(22)24/h2-3,5-10,14H,4,11-13H2,1H3. The van der Waals surface area contributed by atoms with Crippen LogP contribution in [0.2, 0.25) is 0 Å². The van der Waals surface area contributed by atoms with Crippen LogP contribution in [0.15, 0.2) is 59.7 Å². The average molecular weight is 368 g/mol. The third-order valence-electron chi connectivity index (χ3n) is 3.95. The third kappa shape index (κ3) is 4.84. The largest absolute Gasteiger partial charge is 0.497 e. The van der Waals surface area contributed by atoms with Gasteiger partial charge in [0.1, 0.15) is 11.5 Å². The van der Waals surface area contributed by atoms with Crippen LogP contribution in [0.25, 0.3) is 10.9 Å². The summed E-state index contributed by atoms with van der Waals surface area (Å²) in [6, 6.07) is 14.1. The molecule has 0 fully saturated rings. The fourth-order valence-corrected chi connectivity index (χ4v) is 2.54. The zero-order chi connectivity index (χ0) is 19.1. The number of aryl methyl sites for hydroxylation is 1. The summed E-state index contributed by atoms with van der Waals surface area (Å²) in [5.74, 6) is 0.805. The first-order valence-corrected chi connectivity index (χ1v) is 8.54. The maximum absolute atomic E-state index is 12.3. The second-order valence-corrected chi connectivity index (χ2v) is 5.80. The van der Waals surface area contributed by atoms with Crippen molar-refractivity contribution in [2.24, 2.45) is 0 Å². The highest BCUT2D eigenvalue weighted by Crippen LogP contribution is 2.16. The van der Waals surface area contributed by atoms with Gasteiger partial charge in [-0.1, -0.05) is 12.1 Å². The van der Waals surface area contributed by atoms with Crippen molar-refractivity contribution < 1.29 is 19.0 Å². The molecule has 0 spiro atoms. The van der Waals surface area contributed by atoms with Crippen molar-refractivity contribution in [1.29, 1.82) is 0 Å². The number of carbonyl (C=O) groups excluding carboxylic acids is 1. The van der Waals surface area contributed by atoms with Gasteiger partial charge in [-0.15, -0.1) is 0 Å². The van der Waals surface area contributed by atoms with Gasteiger partial charge in [0.2, 0.25) is 0 Å². The molecule has 0 aliphatic heterocycles. The fourth-order valence-electron chi connectivity index (χ4n) is 2.54. The van der Waals surface area contributed by atoms with E-state index in [9.17, 15) is 9.59 Å². The van der Waals surface area contributed by atoms with E-state index < -0.39 is 5.97 Å². The van der Waals surface area contributed by atoms with E-state index in [1.807, 2.05) is 6.07 Å². The number of hydrogen-bond acceptors (Lipinski definition) is 6. The first-order chi connectivity index (χ1) is 13.2. The summed E-state index contributed by atoms with van der Waals surface area (Å²) in [6.07, 6.45) is 2.02. The molecule has 0 atom stereocenters. The van der Waals surface area contributed by atoms with Gasteiger partial charge in [-0.25, -0.2) is 9.78 Å². The molecular weight excluding hydrogens is 348 g/mol. The van der Waals surface area contributed by atoms with Crippen LogP contribution in [0, 0.1) is 0 Å². The molecule has 0 bridgehead atoms. The molecule has 7 nitrogen and oxygen atoms in total. The van der Waals surface area contributed by atoms with Crippen molar-refractivity contribution in [2.75, 3.05) is 20.3 Å². The van der Waals surface area contributed by atoms with Gasteiger partial charge < -0.3 is 14.2 Å². The molecule has 0 unspecified atom stereocenters. The molecule has 3 aromatic rings. The molecule has 1 heterocycles. The van der Waals surface area contributed by atoms with Crippen LogP contribution in [0.5, 0.6) is 11.5 Å². The number of fused-ring (bicyclic) bond motifs is 1. The number of methoxy groups -OCH3 is 1. The van der Waals surface area contributed by atoms with Crippen molar-refractivity contribution >= 4 is 16.9 Å². The lowest BCUT2D eigenvalue weighted by Crippen LogP contribution is -2.22. The van der Waals surface area contributed by atoms with E-state index in [0.29, 0.717) is 35.4 Å². The molecule has 7 heteroatoms. The highest BCUT2D eigenvalue weighted by atomic mass is 16.6. The summed E-state index contributed by atoms with van der Waals surface area (Å²) in [7, 11) is 1.58. The number of esters is 1. The summed E-state index contributed by atoms with van der Waals surface area (Å²) >= 11 is 0. The van der Waals surface area contributed by atoms with E-state index in [4.69, 9.17) is 14.2 Å². The van der Waals surface area contributed by atoms with E-state index in [0.717, 1.165) is 0 Å². The van der Waals surface area contributed by atoms with Crippen molar-refractivity contribution in [3.8, 4) is 11.5 Å². The lowest BCUT2D eigenvalue weighted by atomic mass is 10.2. The van der Waals surface area contributed by atoms with Crippen molar-refractivity contribution in [1.82, 2.24) is 9.55 Å². The molecule has 3 rings (SSSR count). The Labute approximate surface area is 156 Å². The van der Waals surface area contributed by atoms with Crippen molar-refractivity contribution in [2.45, 2.75) is 13.0 Å². The minimum Gasteiger partial charge on any atom is -0.497 e. The molecule has 0 saturated heterocycles. The molecule has 27 heavy (non-hydrogen) atoms. The lowest BCUT2D eigenvalue weighted by Gasteiger charge is -2.09. The number of hydrogen-bond donors (Lipinski definition) is 0. The Balaban J connectivity index is 1.42. The van der Waals surface area contributed by atoms with Gasteiger partial charge >= 0.3 is 5.97 Å². The second-order valence-electron chi connectivity index (χ2n) is 5.80. The maximum atomic E-state index is 12.3. The topological polar surface area (TPSA) is 79.7 Å². The Morgan fingerprint density at radius 3 is 2.59 bits per heavy atom. The number of ether oxygens (including phenoxy) is 3. The molecule has 0 aliphatic rings. The van der Waals surface area contributed by atoms with Gasteiger partial charge in [0.15, 0.2) is 6.61 Å². The SMILES string of the molecule is COc1ccc(OCC(=O)OCCCn2cnc3ccccc3c2=O)cc1. The number of para-hydroxylation sites is 1. The van der Waals surface area contributed by atoms with Crippen LogP contribution in [0.3, 0.4) is 0 Å². The monoisotopic (exact) mass is 368 g/mol. The smallest absolute Gasteiger partial charge is 0.344 e. The number of benzene rings is 2. The summed E-state index contributed by atoms with van der Waals surface area (Å²) in [6.45, 7) is 0.442. The third-order valence-corrected chi connectivity index (χ3v) is 3.95. The zero-order valence-electron chi connectivity index (χ0n) is 15.0. The van der Waals surface area contributed by atoms with Gasteiger partial charge in [-0.3, -0.25) is 9.36 Å². The lowest BCUT2D eigenvalue weighted by molar-refractivity contribution is -0.146. The predicted molar refractivity (Wildman–Crippen MR) is 100 cm³/mol. The highest BCUT2D eigenvalue weighted by molar-refractivity contribution is 5.76. The van der Waals surface area contributed by atoms with E-state index in [1.54, 1.807) is 49.6 Å². The van der Waals surface area contributed by atoms with E-state index in [1.165, 1.54) is 10.9 Å². The van der Waals surface area contributed by atoms with E-state index >= 15 is 0 Å². The maximum Gasteiger partial charge on any atom is 0.344 e. The highest BCUT2D eigenvalue weighted by Gasteiger charge is 2.06. The molecule has 1 aromatic heterocycles. The Kier molecular flexibility index (Phi) is 6.04. The number of nitrogens with zero attached hydrogens (tertiary/aromatic N) is 2. The molecule has 0 amide bonds. The van der Waals surface area contributed by atoms with E-state index in [2.05, 4.69) is 4.98 Å². The predicted octanol–water partition coefficient (Wildman–Crippen LogP) is 2.42. The summed E-state index contributed by atoms with van der Waals surface area (Å²) < 4.78 is 17.1. The number of rotatable bonds is 8. The average Bonchev–Trinajstić information content (AvgIpc) is 2.71. The summed E-state index contributed by atoms with van der Waals surface area (Å²) in [5.41, 5.74) is 0.565. The molecule has 0 saturated carbocycles.